The fourth-order valence-corrected chi connectivity index (χ4v) is 7.18. The Labute approximate surface area is 287 Å². The molecule has 1 saturated heterocycles. The average molecular weight is 663 g/mol. The van der Waals surface area contributed by atoms with E-state index in [0.717, 1.165) is 87.9 Å². The minimum Gasteiger partial charge on any atom is -0.444 e. The van der Waals surface area contributed by atoms with Crippen LogP contribution in [0.3, 0.4) is 0 Å². The number of ether oxygens (including phenoxy) is 2. The molecule has 2 aromatic heterocycles. The maximum absolute atomic E-state index is 12.9. The first-order valence-electron chi connectivity index (χ1n) is 17.4. The van der Waals surface area contributed by atoms with E-state index in [-0.39, 0.29) is 30.2 Å². The molecule has 2 amide bonds. The van der Waals surface area contributed by atoms with Crippen molar-refractivity contribution in [1.82, 2.24) is 30.2 Å². The maximum Gasteiger partial charge on any atom is 0.410 e. The van der Waals surface area contributed by atoms with Crippen molar-refractivity contribution in [2.75, 3.05) is 6.54 Å². The molecular formula is C39H46N6O4. The standard InChI is InChI=1S/C39H46N6O4/c1-38(2,3)48-36(46)43-29-10-7-9-28(29)34-40-22-31(42-34)24-14-12-23(13-15-24)25-16-18-27-26(21-25)17-19-30-33(27)44-35(41-30)32-11-8-20-45(32)37(47)49-39(4,5)6/h12-19,21-22,28-29,32H,7-11,20H2,1-6H3,(H,40,42)(H,41,44)(H,43,46)/t28-,29-,32-/m0/s1. The number of hydrogen-bond donors (Lipinski definition) is 3. The zero-order valence-corrected chi connectivity index (χ0v) is 29.2. The lowest BCUT2D eigenvalue weighted by molar-refractivity contribution is 0.0218. The summed E-state index contributed by atoms with van der Waals surface area (Å²) in [6.07, 6.45) is 5.87. The van der Waals surface area contributed by atoms with Crippen molar-refractivity contribution in [3.63, 3.8) is 0 Å². The number of alkyl carbamates (subject to hydrolysis) is 1. The maximum atomic E-state index is 12.9. The molecule has 1 aliphatic heterocycles. The minimum atomic E-state index is -0.544. The molecule has 3 atom stereocenters. The van der Waals surface area contributed by atoms with E-state index in [0.29, 0.717) is 6.54 Å². The van der Waals surface area contributed by atoms with E-state index < -0.39 is 11.2 Å². The number of hydrogen-bond acceptors (Lipinski definition) is 6. The van der Waals surface area contributed by atoms with Crippen molar-refractivity contribution in [2.45, 2.75) is 103 Å². The van der Waals surface area contributed by atoms with Crippen LogP contribution in [0.2, 0.25) is 0 Å². The quantitative estimate of drug-likeness (QED) is 0.173. The molecule has 0 radical (unpaired) electrons. The Morgan fingerprint density at radius 1 is 0.816 bits per heavy atom. The van der Waals surface area contributed by atoms with Gasteiger partial charge in [0.25, 0.3) is 0 Å². The van der Waals surface area contributed by atoms with Crippen LogP contribution in [0.4, 0.5) is 9.59 Å². The Morgan fingerprint density at radius 3 is 2.31 bits per heavy atom. The molecule has 256 valence electrons. The van der Waals surface area contributed by atoms with Gasteiger partial charge in [-0.25, -0.2) is 19.6 Å². The van der Waals surface area contributed by atoms with Crippen molar-refractivity contribution in [1.29, 1.82) is 0 Å². The van der Waals surface area contributed by atoms with E-state index in [9.17, 15) is 9.59 Å². The molecule has 0 unspecified atom stereocenters. The highest BCUT2D eigenvalue weighted by atomic mass is 16.6. The first-order valence-corrected chi connectivity index (χ1v) is 17.4. The number of H-pyrrole nitrogens is 2. The SMILES string of the molecule is CC(C)(C)OC(=O)N[C@H]1CCC[C@@H]1c1ncc(-c2ccc(-c3ccc4c(ccc5[nH]c([C@@H]6CCCN6C(=O)OC(C)(C)C)nc54)c3)cc2)[nH]1. The van der Waals surface area contributed by atoms with Crippen molar-refractivity contribution >= 4 is 34.0 Å². The molecule has 2 aliphatic rings. The van der Waals surface area contributed by atoms with Gasteiger partial charge in [-0.3, -0.25) is 4.90 Å². The highest BCUT2D eigenvalue weighted by molar-refractivity contribution is 6.05. The second-order valence-corrected chi connectivity index (χ2v) is 15.4. The van der Waals surface area contributed by atoms with E-state index in [1.54, 1.807) is 4.90 Å². The number of nitrogens with zero attached hydrogens (tertiary/aromatic N) is 3. The van der Waals surface area contributed by atoms with Gasteiger partial charge in [0, 0.05) is 23.9 Å². The zero-order chi connectivity index (χ0) is 34.5. The van der Waals surface area contributed by atoms with Gasteiger partial charge >= 0.3 is 12.2 Å². The molecular weight excluding hydrogens is 616 g/mol. The Kier molecular flexibility index (Phi) is 8.37. The second kappa shape index (κ2) is 12.5. The topological polar surface area (TPSA) is 125 Å². The Hall–Kier alpha value is -4.86. The summed E-state index contributed by atoms with van der Waals surface area (Å²) in [6, 6.07) is 19.0. The van der Waals surface area contributed by atoms with E-state index in [4.69, 9.17) is 19.4 Å². The molecule has 10 nitrogen and oxygen atoms in total. The van der Waals surface area contributed by atoms with Gasteiger partial charge in [-0.15, -0.1) is 0 Å². The average Bonchev–Trinajstić information content (AvgIpc) is 3.84. The molecule has 7 rings (SSSR count). The number of benzene rings is 3. The number of aromatic nitrogens is 4. The zero-order valence-electron chi connectivity index (χ0n) is 29.2. The number of rotatable bonds is 5. The van der Waals surface area contributed by atoms with Crippen LogP contribution in [0, 0.1) is 0 Å². The predicted octanol–water partition coefficient (Wildman–Crippen LogP) is 9.01. The van der Waals surface area contributed by atoms with Gasteiger partial charge < -0.3 is 24.8 Å². The number of fused-ring (bicyclic) bond motifs is 3. The highest BCUT2D eigenvalue weighted by Crippen LogP contribution is 2.37. The first-order chi connectivity index (χ1) is 23.3. The molecule has 3 N–H and O–H groups in total. The monoisotopic (exact) mass is 662 g/mol. The van der Waals surface area contributed by atoms with Crippen molar-refractivity contribution in [3.05, 3.63) is 72.4 Å². The number of aromatic amines is 2. The van der Waals surface area contributed by atoms with E-state index in [1.165, 1.54) is 0 Å². The summed E-state index contributed by atoms with van der Waals surface area (Å²) in [5.74, 6) is 1.82. The minimum absolute atomic E-state index is 0.00643. The van der Waals surface area contributed by atoms with Crippen LogP contribution >= 0.6 is 0 Å². The number of imidazole rings is 2. The Bertz CT molecular complexity index is 2000. The first kappa shape index (κ1) is 32.7. The third-order valence-corrected chi connectivity index (χ3v) is 9.38. The van der Waals surface area contributed by atoms with Crippen LogP contribution in [0.5, 0.6) is 0 Å². The number of amides is 2. The van der Waals surface area contributed by atoms with Crippen LogP contribution in [0.25, 0.3) is 44.2 Å². The number of carbonyl (C=O) groups excluding carboxylic acids is 2. The van der Waals surface area contributed by atoms with Gasteiger partial charge in [0.05, 0.1) is 29.0 Å². The van der Waals surface area contributed by atoms with Crippen LogP contribution in [-0.2, 0) is 9.47 Å². The van der Waals surface area contributed by atoms with Gasteiger partial charge in [-0.1, -0.05) is 48.9 Å². The molecule has 1 saturated carbocycles. The van der Waals surface area contributed by atoms with Crippen LogP contribution in [0.1, 0.15) is 97.3 Å². The molecule has 3 heterocycles. The summed E-state index contributed by atoms with van der Waals surface area (Å²) in [4.78, 5) is 43.9. The van der Waals surface area contributed by atoms with Gasteiger partial charge in [0.1, 0.15) is 22.9 Å². The van der Waals surface area contributed by atoms with E-state index in [2.05, 4.69) is 69.9 Å². The molecule has 2 fully saturated rings. The lowest BCUT2D eigenvalue weighted by Gasteiger charge is -2.27. The summed E-state index contributed by atoms with van der Waals surface area (Å²) in [6.45, 7) is 12.0. The molecule has 0 spiro atoms. The summed E-state index contributed by atoms with van der Waals surface area (Å²) in [5.41, 5.74) is 5.03. The second-order valence-electron chi connectivity index (χ2n) is 15.4. The highest BCUT2D eigenvalue weighted by Gasteiger charge is 2.35. The Morgan fingerprint density at radius 2 is 1.55 bits per heavy atom. The van der Waals surface area contributed by atoms with Gasteiger partial charge in [0.2, 0.25) is 0 Å². The smallest absolute Gasteiger partial charge is 0.410 e. The third-order valence-electron chi connectivity index (χ3n) is 9.38. The molecule has 10 heteroatoms. The predicted molar refractivity (Wildman–Crippen MR) is 191 cm³/mol. The van der Waals surface area contributed by atoms with E-state index in [1.807, 2.05) is 47.7 Å². The summed E-state index contributed by atoms with van der Waals surface area (Å²) in [5, 5.41) is 5.23. The van der Waals surface area contributed by atoms with Gasteiger partial charge in [-0.2, -0.15) is 0 Å². The summed E-state index contributed by atoms with van der Waals surface area (Å²) in [7, 11) is 0. The number of nitrogens with one attached hydrogen (secondary N) is 3. The molecule has 5 aromatic rings. The van der Waals surface area contributed by atoms with Crippen molar-refractivity contribution < 1.29 is 19.1 Å². The lowest BCUT2D eigenvalue weighted by atomic mass is 9.99. The largest absolute Gasteiger partial charge is 0.444 e. The summed E-state index contributed by atoms with van der Waals surface area (Å²) < 4.78 is 11.2. The van der Waals surface area contributed by atoms with Crippen molar-refractivity contribution in [2.24, 2.45) is 0 Å². The van der Waals surface area contributed by atoms with Crippen LogP contribution in [-0.4, -0.2) is 60.8 Å². The van der Waals surface area contributed by atoms with E-state index >= 15 is 0 Å². The Balaban J connectivity index is 1.07. The van der Waals surface area contributed by atoms with Gasteiger partial charge in [-0.05, 0) is 101 Å². The number of likely N-dealkylation sites (tertiary alicyclic amines) is 1. The normalized spacial score (nSPS) is 19.9. The molecule has 0 bridgehead atoms. The fourth-order valence-electron chi connectivity index (χ4n) is 7.18. The summed E-state index contributed by atoms with van der Waals surface area (Å²) >= 11 is 0. The van der Waals surface area contributed by atoms with Gasteiger partial charge in [0.15, 0.2) is 0 Å². The van der Waals surface area contributed by atoms with Crippen LogP contribution < -0.4 is 5.32 Å². The molecule has 49 heavy (non-hydrogen) atoms. The van der Waals surface area contributed by atoms with Crippen molar-refractivity contribution in [3.8, 4) is 22.4 Å². The fraction of sp³-hybridized carbons (Fsp3) is 0.436. The lowest BCUT2D eigenvalue weighted by Crippen LogP contribution is -2.40. The third kappa shape index (κ3) is 7.00. The number of carbonyl (C=O) groups is 2. The van der Waals surface area contributed by atoms with Crippen LogP contribution in [0.15, 0.2) is 60.8 Å². The molecule has 1 aliphatic carbocycles. The molecule has 3 aromatic carbocycles.